The molecule has 5 nitrogen and oxygen atoms in total. The first kappa shape index (κ1) is 14.7. The molecular weight excluding hydrogens is 272 g/mol. The van der Waals surface area contributed by atoms with Gasteiger partial charge in [0.25, 0.3) is 5.91 Å². The summed E-state index contributed by atoms with van der Waals surface area (Å²) in [5.74, 6) is 0.544. The molecule has 0 aliphatic carbocycles. The van der Waals surface area contributed by atoms with Crippen LogP contribution in [0.1, 0.15) is 55.2 Å². The molecule has 0 aliphatic heterocycles. The largest absolute Gasteiger partial charge is 0.305 e. The lowest BCUT2D eigenvalue weighted by atomic mass is 10.3. The second-order valence-electron chi connectivity index (χ2n) is 4.75. The van der Waals surface area contributed by atoms with Crippen LogP contribution in [0.2, 0.25) is 0 Å². The summed E-state index contributed by atoms with van der Waals surface area (Å²) in [6.45, 7) is 6.27. The molecule has 2 rings (SSSR count). The van der Waals surface area contributed by atoms with Crippen LogP contribution >= 0.6 is 11.3 Å². The van der Waals surface area contributed by atoms with E-state index in [0.29, 0.717) is 5.69 Å². The van der Waals surface area contributed by atoms with Crippen molar-refractivity contribution in [3.8, 4) is 0 Å². The first-order valence-electron chi connectivity index (χ1n) is 6.95. The van der Waals surface area contributed by atoms with Crippen LogP contribution in [0.15, 0.2) is 17.6 Å². The lowest BCUT2D eigenvalue weighted by molar-refractivity contribution is 0.102. The summed E-state index contributed by atoms with van der Waals surface area (Å²) in [5.41, 5.74) is 0.482. The Labute approximate surface area is 123 Å². The van der Waals surface area contributed by atoms with Gasteiger partial charge in [0.1, 0.15) is 11.5 Å². The number of rotatable bonds is 6. The molecule has 2 heterocycles. The Morgan fingerprint density at radius 3 is 3.00 bits per heavy atom. The average Bonchev–Trinajstić information content (AvgIpc) is 3.07. The monoisotopic (exact) mass is 292 g/mol. The van der Waals surface area contributed by atoms with Crippen molar-refractivity contribution in [2.75, 3.05) is 5.32 Å². The topological polar surface area (TPSA) is 59.8 Å². The molecule has 1 N–H and O–H groups in total. The maximum atomic E-state index is 12.2. The molecule has 0 radical (unpaired) electrons. The number of nitrogens with one attached hydrogen (secondary N) is 1. The van der Waals surface area contributed by atoms with Crippen molar-refractivity contribution < 1.29 is 4.79 Å². The maximum Gasteiger partial charge on any atom is 0.276 e. The Morgan fingerprint density at radius 1 is 1.50 bits per heavy atom. The predicted molar refractivity (Wildman–Crippen MR) is 81.3 cm³/mol. The molecule has 0 aromatic carbocycles. The molecule has 6 heteroatoms. The van der Waals surface area contributed by atoms with E-state index in [0.717, 1.165) is 30.1 Å². The third-order valence-corrected chi connectivity index (χ3v) is 4.08. The molecule has 0 saturated carbocycles. The van der Waals surface area contributed by atoms with Gasteiger partial charge in [0.05, 0.1) is 17.2 Å². The second kappa shape index (κ2) is 6.65. The lowest BCUT2D eigenvalue weighted by Crippen LogP contribution is -2.17. The molecular formula is C14H20N4OS. The number of hydrogen-bond donors (Lipinski definition) is 1. The number of aromatic nitrogens is 3. The van der Waals surface area contributed by atoms with Gasteiger partial charge in [-0.15, -0.1) is 11.3 Å². The molecule has 0 spiro atoms. The Kier molecular flexibility index (Phi) is 4.89. The minimum atomic E-state index is -0.173. The van der Waals surface area contributed by atoms with E-state index in [-0.39, 0.29) is 11.9 Å². The minimum absolute atomic E-state index is 0.173. The summed E-state index contributed by atoms with van der Waals surface area (Å²) in [7, 11) is 0. The predicted octanol–water partition coefficient (Wildman–Crippen LogP) is 3.52. The number of hydrogen-bond acceptors (Lipinski definition) is 4. The van der Waals surface area contributed by atoms with Crippen molar-refractivity contribution in [2.45, 2.75) is 46.1 Å². The van der Waals surface area contributed by atoms with Crippen molar-refractivity contribution in [1.29, 1.82) is 0 Å². The molecule has 0 saturated heterocycles. The molecule has 2 aromatic heterocycles. The van der Waals surface area contributed by atoms with Crippen LogP contribution in [-0.2, 0) is 6.42 Å². The highest BCUT2D eigenvalue weighted by molar-refractivity contribution is 7.09. The van der Waals surface area contributed by atoms with Crippen LogP contribution in [0.4, 0.5) is 5.82 Å². The molecule has 0 aliphatic rings. The molecule has 20 heavy (non-hydrogen) atoms. The van der Waals surface area contributed by atoms with Crippen LogP contribution in [0.25, 0.3) is 0 Å². The van der Waals surface area contributed by atoms with Gasteiger partial charge in [0.2, 0.25) is 0 Å². The quantitative estimate of drug-likeness (QED) is 0.886. The fourth-order valence-corrected chi connectivity index (χ4v) is 2.74. The number of nitrogens with zero attached hydrogens (tertiary/aromatic N) is 3. The minimum Gasteiger partial charge on any atom is -0.305 e. The van der Waals surface area contributed by atoms with Gasteiger partial charge in [0.15, 0.2) is 0 Å². The van der Waals surface area contributed by atoms with Crippen molar-refractivity contribution >= 4 is 23.1 Å². The summed E-state index contributed by atoms with van der Waals surface area (Å²) < 4.78 is 1.83. The smallest absolute Gasteiger partial charge is 0.276 e. The SMILES string of the molecule is CCCc1nc(C(=O)Nc2ccnn2[C@@H](C)CC)cs1. The first-order chi connectivity index (χ1) is 9.65. The Bertz CT molecular complexity index is 575. The van der Waals surface area contributed by atoms with Crippen LogP contribution in [0, 0.1) is 0 Å². The molecule has 0 fully saturated rings. The zero-order valence-corrected chi connectivity index (χ0v) is 12.9. The van der Waals surface area contributed by atoms with E-state index < -0.39 is 0 Å². The summed E-state index contributed by atoms with van der Waals surface area (Å²) >= 11 is 1.54. The van der Waals surface area contributed by atoms with Crippen molar-refractivity contribution in [3.63, 3.8) is 0 Å². The molecule has 0 bridgehead atoms. The third-order valence-electron chi connectivity index (χ3n) is 3.17. The Balaban J connectivity index is 2.09. The fraction of sp³-hybridized carbons (Fsp3) is 0.500. The van der Waals surface area contributed by atoms with Crippen LogP contribution in [0.3, 0.4) is 0 Å². The van der Waals surface area contributed by atoms with E-state index in [1.54, 1.807) is 6.20 Å². The number of anilines is 1. The number of carbonyl (C=O) groups excluding carboxylic acids is 1. The normalized spacial score (nSPS) is 12.3. The van der Waals surface area contributed by atoms with Gasteiger partial charge >= 0.3 is 0 Å². The number of thiazole rings is 1. The van der Waals surface area contributed by atoms with Gasteiger partial charge in [-0.3, -0.25) is 4.79 Å². The van der Waals surface area contributed by atoms with Gasteiger partial charge in [-0.05, 0) is 26.2 Å². The second-order valence-corrected chi connectivity index (χ2v) is 5.69. The van der Waals surface area contributed by atoms with E-state index >= 15 is 0 Å². The van der Waals surface area contributed by atoms with Crippen LogP contribution < -0.4 is 5.32 Å². The molecule has 1 atom stereocenters. The van der Waals surface area contributed by atoms with Crippen molar-refractivity contribution in [2.24, 2.45) is 0 Å². The van der Waals surface area contributed by atoms with E-state index in [2.05, 4.69) is 36.2 Å². The zero-order chi connectivity index (χ0) is 14.5. The van der Waals surface area contributed by atoms with Gasteiger partial charge < -0.3 is 5.32 Å². The number of carbonyl (C=O) groups is 1. The maximum absolute atomic E-state index is 12.2. The van der Waals surface area contributed by atoms with E-state index in [1.165, 1.54) is 11.3 Å². The zero-order valence-electron chi connectivity index (χ0n) is 12.1. The number of aryl methyl sites for hydroxylation is 1. The summed E-state index contributed by atoms with van der Waals surface area (Å²) in [6, 6.07) is 2.06. The van der Waals surface area contributed by atoms with Crippen LogP contribution in [-0.4, -0.2) is 20.7 Å². The Hall–Kier alpha value is -1.69. The van der Waals surface area contributed by atoms with E-state index in [9.17, 15) is 4.79 Å². The molecule has 1 amide bonds. The highest BCUT2D eigenvalue weighted by Gasteiger charge is 2.14. The van der Waals surface area contributed by atoms with Gasteiger partial charge in [-0.1, -0.05) is 13.8 Å². The first-order valence-corrected chi connectivity index (χ1v) is 7.82. The summed E-state index contributed by atoms with van der Waals surface area (Å²) in [4.78, 5) is 16.5. The van der Waals surface area contributed by atoms with Gasteiger partial charge in [-0.25, -0.2) is 9.67 Å². The summed E-state index contributed by atoms with van der Waals surface area (Å²) in [6.07, 6.45) is 4.62. The lowest BCUT2D eigenvalue weighted by Gasteiger charge is -2.13. The van der Waals surface area contributed by atoms with Crippen LogP contribution in [0.5, 0.6) is 0 Å². The Morgan fingerprint density at radius 2 is 2.30 bits per heavy atom. The highest BCUT2D eigenvalue weighted by atomic mass is 32.1. The van der Waals surface area contributed by atoms with Gasteiger partial charge in [-0.2, -0.15) is 5.10 Å². The van der Waals surface area contributed by atoms with E-state index in [4.69, 9.17) is 0 Å². The average molecular weight is 292 g/mol. The van der Waals surface area contributed by atoms with Gasteiger partial charge in [0, 0.05) is 11.4 Å². The summed E-state index contributed by atoms with van der Waals surface area (Å²) in [5, 5.41) is 9.95. The van der Waals surface area contributed by atoms with Crippen molar-refractivity contribution in [1.82, 2.24) is 14.8 Å². The molecule has 2 aromatic rings. The third kappa shape index (κ3) is 3.25. The highest BCUT2D eigenvalue weighted by Crippen LogP contribution is 2.18. The van der Waals surface area contributed by atoms with E-state index in [1.807, 2.05) is 16.1 Å². The standard InChI is InChI=1S/C14H20N4OS/c1-4-6-13-16-11(9-20-13)14(19)17-12-7-8-15-18(12)10(3)5-2/h7-10H,4-6H2,1-3H3,(H,17,19)/t10-/m0/s1. The molecule has 0 unspecified atom stereocenters. The fourth-order valence-electron chi connectivity index (χ4n) is 1.86. The number of amides is 1. The molecule has 108 valence electrons. The van der Waals surface area contributed by atoms with Crippen molar-refractivity contribution in [3.05, 3.63) is 28.3 Å².